The summed E-state index contributed by atoms with van der Waals surface area (Å²) in [7, 11) is 0. The van der Waals surface area contributed by atoms with Gasteiger partial charge in [-0.1, -0.05) is 158 Å². The Balaban J connectivity index is 1.19. The molecule has 0 saturated heterocycles. The van der Waals surface area contributed by atoms with Gasteiger partial charge >= 0.3 is 0 Å². The molecule has 4 nitrogen and oxygen atoms in total. The van der Waals surface area contributed by atoms with E-state index in [1.54, 1.807) is 0 Å². The number of fused-ring (bicyclic) bond motifs is 4. The normalized spacial score (nSPS) is 11.4. The summed E-state index contributed by atoms with van der Waals surface area (Å²) in [5.74, 6) is 0.606. The Morgan fingerprint density at radius 2 is 0.962 bits per heavy atom. The summed E-state index contributed by atoms with van der Waals surface area (Å²) in [6.07, 6.45) is 1.91. The number of rotatable bonds is 6. The van der Waals surface area contributed by atoms with Crippen LogP contribution in [0.25, 0.3) is 100 Å². The Kier molecular flexibility index (Phi) is 7.43. The molecule has 0 atom stereocenters. The number of pyridine rings is 1. The van der Waals surface area contributed by atoms with Gasteiger partial charge in [-0.2, -0.15) is 0 Å². The molecular formula is C49H31N3O. The molecule has 10 aromatic rings. The Morgan fingerprint density at radius 3 is 1.72 bits per heavy atom. The first kappa shape index (κ1) is 30.6. The summed E-state index contributed by atoms with van der Waals surface area (Å²) >= 11 is 0. The van der Waals surface area contributed by atoms with Gasteiger partial charge in [-0.25, -0.2) is 9.97 Å². The van der Waals surface area contributed by atoms with Gasteiger partial charge in [0, 0.05) is 44.6 Å². The van der Waals surface area contributed by atoms with Crippen molar-refractivity contribution >= 4 is 32.7 Å². The van der Waals surface area contributed by atoms with Gasteiger partial charge in [0.25, 0.3) is 0 Å². The van der Waals surface area contributed by atoms with Crippen LogP contribution in [0.1, 0.15) is 0 Å². The maximum Gasteiger partial charge on any atom is 0.161 e. The third-order valence-electron chi connectivity index (χ3n) is 9.96. The van der Waals surface area contributed by atoms with Crippen molar-refractivity contribution in [2.45, 2.75) is 0 Å². The maximum absolute atomic E-state index is 7.01. The molecular weight excluding hydrogens is 647 g/mol. The van der Waals surface area contributed by atoms with Crippen LogP contribution >= 0.6 is 0 Å². The summed E-state index contributed by atoms with van der Waals surface area (Å²) in [4.78, 5) is 15.3. The van der Waals surface area contributed by atoms with E-state index in [1.165, 1.54) is 11.1 Å². The van der Waals surface area contributed by atoms with E-state index >= 15 is 0 Å². The summed E-state index contributed by atoms with van der Waals surface area (Å²) in [5, 5.41) is 4.30. The van der Waals surface area contributed by atoms with Crippen molar-refractivity contribution in [2.24, 2.45) is 0 Å². The molecule has 0 spiro atoms. The standard InChI is InChI=1S/C49H31N3O/c1-4-13-32(14-5-1)33-23-25-34(26-24-33)39-21-12-22-40-41-27-28-42(46(48(41)53-47(39)40)36-17-8-3-9-18-36)49-51-43(35-15-6-2-7-16-35)30-45(52-49)44-29-37-19-10-11-20-38(37)31-50-44/h1-31H. The lowest BCUT2D eigenvalue weighted by molar-refractivity contribution is 0.671. The second-order valence-corrected chi connectivity index (χ2v) is 13.2. The highest BCUT2D eigenvalue weighted by Gasteiger charge is 2.22. The molecule has 0 unspecified atom stereocenters. The van der Waals surface area contributed by atoms with Crippen molar-refractivity contribution in [3.05, 3.63) is 188 Å². The minimum atomic E-state index is 0.606. The van der Waals surface area contributed by atoms with E-state index in [0.29, 0.717) is 5.82 Å². The molecule has 0 radical (unpaired) electrons. The van der Waals surface area contributed by atoms with Gasteiger partial charge in [0.2, 0.25) is 0 Å². The fraction of sp³-hybridized carbons (Fsp3) is 0. The van der Waals surface area contributed by atoms with Crippen LogP contribution in [0.15, 0.2) is 193 Å². The van der Waals surface area contributed by atoms with Crippen molar-refractivity contribution < 1.29 is 4.42 Å². The zero-order valence-electron chi connectivity index (χ0n) is 28.6. The highest BCUT2D eigenvalue weighted by molar-refractivity contribution is 6.15. The zero-order chi connectivity index (χ0) is 35.1. The zero-order valence-corrected chi connectivity index (χ0v) is 28.6. The molecule has 3 heterocycles. The first-order chi connectivity index (χ1) is 26.3. The Labute approximate surface area is 306 Å². The van der Waals surface area contributed by atoms with Crippen molar-refractivity contribution in [1.82, 2.24) is 15.0 Å². The molecule has 0 aliphatic carbocycles. The number of para-hydroxylation sites is 1. The Hall–Kier alpha value is -7.17. The Morgan fingerprint density at radius 1 is 0.358 bits per heavy atom. The molecule has 4 heteroatoms. The largest absolute Gasteiger partial charge is 0.455 e. The Bertz CT molecular complexity index is 2920. The van der Waals surface area contributed by atoms with Crippen LogP contribution in [-0.4, -0.2) is 15.0 Å². The first-order valence-corrected chi connectivity index (χ1v) is 17.8. The van der Waals surface area contributed by atoms with E-state index in [9.17, 15) is 0 Å². The third kappa shape index (κ3) is 5.54. The van der Waals surface area contributed by atoms with Crippen molar-refractivity contribution in [3.8, 4) is 67.4 Å². The van der Waals surface area contributed by atoms with Crippen LogP contribution < -0.4 is 0 Å². The SMILES string of the molecule is c1ccc(-c2ccc(-c3cccc4c3oc3c(-c5ccccc5)c(-c5nc(-c6ccccc6)cc(-c6cc7ccccc7cn6)n5)ccc34)cc2)cc1. The van der Waals surface area contributed by atoms with Crippen LogP contribution in [0.5, 0.6) is 0 Å². The molecule has 10 rings (SSSR count). The lowest BCUT2D eigenvalue weighted by Crippen LogP contribution is -1.98. The van der Waals surface area contributed by atoms with Crippen molar-refractivity contribution in [2.75, 3.05) is 0 Å². The molecule has 7 aromatic carbocycles. The summed E-state index contributed by atoms with van der Waals surface area (Å²) < 4.78 is 7.01. The van der Waals surface area contributed by atoms with E-state index in [2.05, 4.69) is 133 Å². The van der Waals surface area contributed by atoms with Crippen LogP contribution in [0, 0.1) is 0 Å². The quantitative estimate of drug-likeness (QED) is 0.176. The van der Waals surface area contributed by atoms with Gasteiger partial charge in [0.15, 0.2) is 5.82 Å². The number of nitrogens with zero attached hydrogens (tertiary/aromatic N) is 3. The van der Waals surface area contributed by atoms with Gasteiger partial charge < -0.3 is 4.42 Å². The summed E-state index contributed by atoms with van der Waals surface area (Å²) in [5.41, 5.74) is 12.4. The predicted octanol–water partition coefficient (Wildman–Crippen LogP) is 12.9. The minimum Gasteiger partial charge on any atom is -0.455 e. The predicted molar refractivity (Wildman–Crippen MR) is 217 cm³/mol. The minimum absolute atomic E-state index is 0.606. The monoisotopic (exact) mass is 677 g/mol. The number of hydrogen-bond acceptors (Lipinski definition) is 4. The van der Waals surface area contributed by atoms with Crippen molar-refractivity contribution in [1.29, 1.82) is 0 Å². The molecule has 0 amide bonds. The molecule has 3 aromatic heterocycles. The molecule has 0 bridgehead atoms. The fourth-order valence-electron chi connectivity index (χ4n) is 7.32. The van der Waals surface area contributed by atoms with Gasteiger partial charge in [-0.05, 0) is 51.9 Å². The van der Waals surface area contributed by atoms with Crippen LogP contribution in [0.2, 0.25) is 0 Å². The topological polar surface area (TPSA) is 51.8 Å². The molecule has 0 aliphatic rings. The molecule has 53 heavy (non-hydrogen) atoms. The third-order valence-corrected chi connectivity index (χ3v) is 9.96. The number of benzene rings is 7. The van der Waals surface area contributed by atoms with Crippen LogP contribution in [0.4, 0.5) is 0 Å². The molecule has 0 N–H and O–H groups in total. The lowest BCUT2D eigenvalue weighted by Gasteiger charge is -2.13. The van der Waals surface area contributed by atoms with Gasteiger partial charge in [-0.15, -0.1) is 0 Å². The number of furan rings is 1. The second-order valence-electron chi connectivity index (χ2n) is 13.2. The van der Waals surface area contributed by atoms with E-state index in [-0.39, 0.29) is 0 Å². The highest BCUT2D eigenvalue weighted by atomic mass is 16.3. The van der Waals surface area contributed by atoms with Crippen LogP contribution in [0.3, 0.4) is 0 Å². The van der Waals surface area contributed by atoms with Gasteiger partial charge in [0.05, 0.1) is 17.1 Å². The average molecular weight is 678 g/mol. The first-order valence-electron chi connectivity index (χ1n) is 17.8. The van der Waals surface area contributed by atoms with Gasteiger partial charge in [-0.3, -0.25) is 4.98 Å². The van der Waals surface area contributed by atoms with E-state index in [4.69, 9.17) is 19.4 Å². The molecule has 0 aliphatic heterocycles. The van der Waals surface area contributed by atoms with Crippen LogP contribution in [-0.2, 0) is 0 Å². The number of aromatic nitrogens is 3. The van der Waals surface area contributed by atoms with E-state index < -0.39 is 0 Å². The molecule has 0 fully saturated rings. The maximum atomic E-state index is 7.01. The van der Waals surface area contributed by atoms with Gasteiger partial charge in [0.1, 0.15) is 11.2 Å². The number of hydrogen-bond donors (Lipinski definition) is 0. The van der Waals surface area contributed by atoms with E-state index in [1.807, 2.05) is 54.7 Å². The highest BCUT2D eigenvalue weighted by Crippen LogP contribution is 2.44. The van der Waals surface area contributed by atoms with E-state index in [0.717, 1.165) is 83.2 Å². The summed E-state index contributed by atoms with van der Waals surface area (Å²) in [6, 6.07) is 62.9. The smallest absolute Gasteiger partial charge is 0.161 e. The second kappa shape index (κ2) is 12.9. The lowest BCUT2D eigenvalue weighted by atomic mass is 9.95. The summed E-state index contributed by atoms with van der Waals surface area (Å²) in [6.45, 7) is 0. The molecule has 248 valence electrons. The fourth-order valence-corrected chi connectivity index (χ4v) is 7.32. The average Bonchev–Trinajstić information content (AvgIpc) is 3.63. The van der Waals surface area contributed by atoms with Crippen molar-refractivity contribution in [3.63, 3.8) is 0 Å². The molecule has 0 saturated carbocycles.